The molecule has 2 heterocycles. The van der Waals surface area contributed by atoms with Gasteiger partial charge in [0.2, 0.25) is 5.91 Å². The van der Waals surface area contributed by atoms with Crippen molar-refractivity contribution in [1.82, 2.24) is 9.88 Å². The van der Waals surface area contributed by atoms with Gasteiger partial charge >= 0.3 is 0 Å². The Labute approximate surface area is 180 Å². The van der Waals surface area contributed by atoms with Gasteiger partial charge in [0.25, 0.3) is 5.22 Å². The molecule has 0 bridgehead atoms. The van der Waals surface area contributed by atoms with E-state index in [1.54, 1.807) is 6.20 Å². The summed E-state index contributed by atoms with van der Waals surface area (Å²) in [6, 6.07) is 18.0. The van der Waals surface area contributed by atoms with E-state index >= 15 is 0 Å². The minimum Gasteiger partial charge on any atom is -0.431 e. The Bertz CT molecular complexity index is 935. The Hall–Kier alpha value is -2.24. The van der Waals surface area contributed by atoms with Crippen LogP contribution in [0.15, 0.2) is 70.4 Å². The van der Waals surface area contributed by atoms with E-state index in [4.69, 9.17) is 16.0 Å². The average Bonchev–Trinajstić information content (AvgIpc) is 3.23. The van der Waals surface area contributed by atoms with E-state index in [9.17, 15) is 4.79 Å². The van der Waals surface area contributed by atoms with Crippen LogP contribution in [0.2, 0.25) is 5.02 Å². The number of amides is 1. The lowest BCUT2D eigenvalue weighted by Gasteiger charge is -2.32. The van der Waals surface area contributed by atoms with E-state index in [0.717, 1.165) is 37.9 Å². The fraction of sp³-hybridized carbons (Fsp3) is 0.304. The SMILES string of the molecule is O=C(CSc1ncc(-c2ccc(Cl)cc2)o1)N1CCC(Cc2ccccc2)CC1. The zero-order valence-electron chi connectivity index (χ0n) is 16.1. The number of carbonyl (C=O) groups is 1. The number of rotatable bonds is 6. The van der Waals surface area contributed by atoms with Crippen LogP contribution in [0.4, 0.5) is 0 Å². The second-order valence-corrected chi connectivity index (χ2v) is 8.66. The van der Waals surface area contributed by atoms with Crippen LogP contribution in [0.3, 0.4) is 0 Å². The van der Waals surface area contributed by atoms with Gasteiger partial charge in [-0.25, -0.2) is 4.98 Å². The molecule has 6 heteroatoms. The molecule has 150 valence electrons. The quantitative estimate of drug-likeness (QED) is 0.483. The van der Waals surface area contributed by atoms with Gasteiger partial charge in [0.1, 0.15) is 0 Å². The first-order valence-electron chi connectivity index (χ1n) is 9.83. The minimum atomic E-state index is 0.152. The average molecular weight is 427 g/mol. The van der Waals surface area contributed by atoms with Crippen molar-refractivity contribution in [3.8, 4) is 11.3 Å². The largest absolute Gasteiger partial charge is 0.431 e. The Morgan fingerprint density at radius 1 is 1.10 bits per heavy atom. The van der Waals surface area contributed by atoms with Crippen molar-refractivity contribution >= 4 is 29.3 Å². The van der Waals surface area contributed by atoms with Gasteiger partial charge in [-0.05, 0) is 55.0 Å². The number of nitrogens with zero attached hydrogens (tertiary/aromatic N) is 2. The van der Waals surface area contributed by atoms with Crippen molar-refractivity contribution in [3.63, 3.8) is 0 Å². The van der Waals surface area contributed by atoms with Gasteiger partial charge in [-0.15, -0.1) is 0 Å². The first kappa shape index (κ1) is 20.0. The number of oxazole rings is 1. The van der Waals surface area contributed by atoms with Crippen LogP contribution in [-0.2, 0) is 11.2 Å². The molecule has 0 saturated carbocycles. The second-order valence-electron chi connectivity index (χ2n) is 7.30. The van der Waals surface area contributed by atoms with E-state index in [1.165, 1.54) is 17.3 Å². The van der Waals surface area contributed by atoms with Gasteiger partial charge in [0.05, 0.1) is 11.9 Å². The first-order valence-corrected chi connectivity index (χ1v) is 11.2. The van der Waals surface area contributed by atoms with Crippen molar-refractivity contribution in [2.45, 2.75) is 24.5 Å². The number of piperidine rings is 1. The Morgan fingerprint density at radius 3 is 2.55 bits per heavy atom. The molecule has 0 radical (unpaired) electrons. The highest BCUT2D eigenvalue weighted by atomic mass is 35.5. The number of hydrogen-bond acceptors (Lipinski definition) is 4. The number of benzene rings is 2. The van der Waals surface area contributed by atoms with Crippen LogP contribution in [0.5, 0.6) is 0 Å². The van der Waals surface area contributed by atoms with Crippen molar-refractivity contribution in [2.75, 3.05) is 18.8 Å². The molecule has 2 aromatic carbocycles. The van der Waals surface area contributed by atoms with Crippen LogP contribution in [0.25, 0.3) is 11.3 Å². The van der Waals surface area contributed by atoms with Crippen molar-refractivity contribution < 1.29 is 9.21 Å². The molecular formula is C23H23ClN2O2S. The first-order chi connectivity index (χ1) is 14.2. The van der Waals surface area contributed by atoms with Gasteiger partial charge in [-0.2, -0.15) is 0 Å². The molecule has 29 heavy (non-hydrogen) atoms. The normalized spacial score (nSPS) is 14.9. The standard InChI is InChI=1S/C23H23ClN2O2S/c24-20-8-6-19(7-9-20)21-15-25-23(28-21)29-16-22(27)26-12-10-18(11-13-26)14-17-4-2-1-3-5-17/h1-9,15,18H,10-14,16H2. The molecule has 1 aromatic heterocycles. The molecule has 0 unspecified atom stereocenters. The predicted octanol–water partition coefficient (Wildman–Crippen LogP) is 5.57. The summed E-state index contributed by atoms with van der Waals surface area (Å²) >= 11 is 7.27. The van der Waals surface area contributed by atoms with E-state index in [1.807, 2.05) is 29.2 Å². The van der Waals surface area contributed by atoms with Crippen LogP contribution in [0, 0.1) is 5.92 Å². The van der Waals surface area contributed by atoms with Gasteiger partial charge in [-0.3, -0.25) is 4.79 Å². The third-order valence-corrected chi connectivity index (χ3v) is 6.35. The molecule has 4 rings (SSSR count). The summed E-state index contributed by atoms with van der Waals surface area (Å²) in [5.74, 6) is 1.84. The van der Waals surface area contributed by atoms with E-state index in [2.05, 4.69) is 35.3 Å². The van der Waals surface area contributed by atoms with Crippen molar-refractivity contribution in [1.29, 1.82) is 0 Å². The van der Waals surface area contributed by atoms with Crippen molar-refractivity contribution in [3.05, 3.63) is 71.4 Å². The molecule has 1 saturated heterocycles. The Balaban J connectivity index is 1.24. The van der Waals surface area contributed by atoms with E-state index in [0.29, 0.717) is 27.7 Å². The molecule has 1 amide bonds. The lowest BCUT2D eigenvalue weighted by atomic mass is 9.90. The topological polar surface area (TPSA) is 46.3 Å². The monoisotopic (exact) mass is 426 g/mol. The summed E-state index contributed by atoms with van der Waals surface area (Å²) in [5.41, 5.74) is 2.30. The lowest BCUT2D eigenvalue weighted by molar-refractivity contribution is -0.129. The fourth-order valence-electron chi connectivity index (χ4n) is 3.62. The second kappa shape index (κ2) is 9.51. The lowest BCUT2D eigenvalue weighted by Crippen LogP contribution is -2.39. The summed E-state index contributed by atoms with van der Waals surface area (Å²) in [5, 5.41) is 1.20. The maximum Gasteiger partial charge on any atom is 0.256 e. The predicted molar refractivity (Wildman–Crippen MR) is 117 cm³/mol. The maximum absolute atomic E-state index is 12.6. The number of likely N-dealkylation sites (tertiary alicyclic amines) is 1. The molecule has 1 aliphatic heterocycles. The Morgan fingerprint density at radius 2 is 1.83 bits per heavy atom. The Kier molecular flexibility index (Phi) is 6.57. The molecular weight excluding hydrogens is 404 g/mol. The zero-order chi connectivity index (χ0) is 20.1. The van der Waals surface area contributed by atoms with Gasteiger partial charge in [0, 0.05) is 23.7 Å². The minimum absolute atomic E-state index is 0.152. The van der Waals surface area contributed by atoms with Gasteiger partial charge < -0.3 is 9.32 Å². The van der Waals surface area contributed by atoms with Crippen LogP contribution >= 0.6 is 23.4 Å². The smallest absolute Gasteiger partial charge is 0.256 e. The molecule has 3 aromatic rings. The van der Waals surface area contributed by atoms with Crippen LogP contribution < -0.4 is 0 Å². The highest BCUT2D eigenvalue weighted by Crippen LogP contribution is 2.27. The molecule has 1 fully saturated rings. The van der Waals surface area contributed by atoms with Gasteiger partial charge in [0.15, 0.2) is 5.76 Å². The van der Waals surface area contributed by atoms with Crippen LogP contribution in [-0.4, -0.2) is 34.6 Å². The highest BCUT2D eigenvalue weighted by molar-refractivity contribution is 7.99. The molecule has 4 nitrogen and oxygen atoms in total. The highest BCUT2D eigenvalue weighted by Gasteiger charge is 2.23. The maximum atomic E-state index is 12.6. The third kappa shape index (κ3) is 5.43. The summed E-state index contributed by atoms with van der Waals surface area (Å²) in [6.07, 6.45) is 4.91. The third-order valence-electron chi connectivity index (χ3n) is 5.27. The molecule has 0 spiro atoms. The number of halogens is 1. The number of aromatic nitrogens is 1. The van der Waals surface area contributed by atoms with Crippen molar-refractivity contribution in [2.24, 2.45) is 5.92 Å². The zero-order valence-corrected chi connectivity index (χ0v) is 17.7. The van der Waals surface area contributed by atoms with Gasteiger partial charge in [-0.1, -0.05) is 53.7 Å². The summed E-state index contributed by atoms with van der Waals surface area (Å²) < 4.78 is 5.77. The van der Waals surface area contributed by atoms with E-state index in [-0.39, 0.29) is 5.91 Å². The number of carbonyl (C=O) groups excluding carboxylic acids is 1. The summed E-state index contributed by atoms with van der Waals surface area (Å²) in [6.45, 7) is 1.66. The fourth-order valence-corrected chi connectivity index (χ4v) is 4.45. The van der Waals surface area contributed by atoms with Crippen LogP contribution in [0.1, 0.15) is 18.4 Å². The molecule has 0 atom stereocenters. The molecule has 0 N–H and O–H groups in total. The van der Waals surface area contributed by atoms with E-state index < -0.39 is 0 Å². The molecule has 0 aliphatic carbocycles. The summed E-state index contributed by atoms with van der Waals surface area (Å²) in [7, 11) is 0. The number of hydrogen-bond donors (Lipinski definition) is 0. The summed E-state index contributed by atoms with van der Waals surface area (Å²) in [4.78, 5) is 18.8. The number of thioether (sulfide) groups is 1. The molecule has 1 aliphatic rings.